The molecule has 6 nitrogen and oxygen atoms in total. The number of rotatable bonds is 13. The zero-order valence-electron chi connectivity index (χ0n) is 14.7. The number of aliphatic carboxylic acids is 1. The Morgan fingerprint density at radius 1 is 1.30 bits per heavy atom. The molecule has 0 heterocycles. The van der Waals surface area contributed by atoms with Crippen molar-refractivity contribution in [1.29, 1.82) is 0 Å². The molecule has 0 fully saturated rings. The molecule has 0 aliphatic carbocycles. The molecule has 23 heavy (non-hydrogen) atoms. The van der Waals surface area contributed by atoms with E-state index in [-0.39, 0.29) is 42.1 Å². The molecular formula is C16H29N2NaO4. The molecule has 0 rings (SSSR count). The predicted molar refractivity (Wildman–Crippen MR) is 86.0 cm³/mol. The summed E-state index contributed by atoms with van der Waals surface area (Å²) in [5.74, 6) is -1.03. The fraction of sp³-hybridized carbons (Fsp3) is 0.750. The van der Waals surface area contributed by atoms with Gasteiger partial charge < -0.3 is 20.3 Å². The van der Waals surface area contributed by atoms with Gasteiger partial charge in [0, 0.05) is 19.7 Å². The molecule has 0 aromatic rings. The Labute approximate surface area is 161 Å². The Hall–Kier alpha value is -0.400. The number of aliphatic hydroxyl groups is 1. The van der Waals surface area contributed by atoms with Crippen LogP contribution in [0.25, 0.3) is 0 Å². The standard InChI is InChI=1S/C16H30N2O4.Na/c1-3-4-5-6-7-9-15(20)17-10-12-18(11-8-13-19)14(2)16(21)22;/h3-4,14,19H,5-13H2,1-2H3,(H,17,20)(H,21,22);/q;+1/p-1/b4-3+;. The van der Waals surface area contributed by atoms with Gasteiger partial charge in [0.25, 0.3) is 0 Å². The number of carbonyl (C=O) groups is 1. The molecule has 0 spiro atoms. The average molecular weight is 336 g/mol. The first-order valence-electron chi connectivity index (χ1n) is 7.92. The van der Waals surface area contributed by atoms with Crippen LogP contribution in [-0.2, 0) is 4.79 Å². The molecule has 0 saturated heterocycles. The van der Waals surface area contributed by atoms with E-state index in [2.05, 4.69) is 11.1 Å². The number of hydrogen-bond acceptors (Lipinski definition) is 5. The second-order valence-corrected chi connectivity index (χ2v) is 5.22. The van der Waals surface area contributed by atoms with E-state index in [9.17, 15) is 9.90 Å². The van der Waals surface area contributed by atoms with Gasteiger partial charge in [-0.3, -0.25) is 9.69 Å². The number of aliphatic hydroxyl groups excluding tert-OH is 1. The molecule has 7 heteroatoms. The molecule has 0 bridgehead atoms. The van der Waals surface area contributed by atoms with Crippen molar-refractivity contribution in [3.05, 3.63) is 12.2 Å². The number of carboxylic acids is 1. The second kappa shape index (κ2) is 16.5. The number of carboxylic acid groups (broad SMARTS) is 1. The van der Waals surface area contributed by atoms with Gasteiger partial charge in [-0.15, -0.1) is 0 Å². The zero-order valence-corrected chi connectivity index (χ0v) is 16.7. The molecule has 0 aromatic heterocycles. The monoisotopic (exact) mass is 336 g/mol. The summed E-state index contributed by atoms with van der Waals surface area (Å²) in [5, 5.41) is 29.5. The molecule has 2 N–H and O–H groups in total. The number of aliphatic imine (C=N–C) groups is 1. The maximum atomic E-state index is 11.6. The minimum atomic E-state index is -0.909. The van der Waals surface area contributed by atoms with Crippen LogP contribution in [0.2, 0.25) is 0 Å². The van der Waals surface area contributed by atoms with Crippen molar-refractivity contribution in [2.45, 2.75) is 52.0 Å². The van der Waals surface area contributed by atoms with Gasteiger partial charge in [-0.2, -0.15) is 0 Å². The molecule has 1 unspecified atom stereocenters. The first kappa shape index (κ1) is 24.8. The van der Waals surface area contributed by atoms with E-state index in [1.165, 1.54) is 0 Å². The molecular weight excluding hydrogens is 307 g/mol. The van der Waals surface area contributed by atoms with Crippen LogP contribution in [0.4, 0.5) is 0 Å². The molecule has 1 atom stereocenters. The van der Waals surface area contributed by atoms with Crippen LogP contribution in [0, 0.1) is 0 Å². The van der Waals surface area contributed by atoms with Crippen LogP contribution < -0.4 is 34.7 Å². The van der Waals surface area contributed by atoms with Gasteiger partial charge in [-0.1, -0.05) is 12.2 Å². The second-order valence-electron chi connectivity index (χ2n) is 5.22. The first-order valence-corrected chi connectivity index (χ1v) is 7.92. The average Bonchev–Trinajstić information content (AvgIpc) is 2.49. The minimum absolute atomic E-state index is 0. The third kappa shape index (κ3) is 13.7. The van der Waals surface area contributed by atoms with Gasteiger partial charge >= 0.3 is 35.5 Å². The van der Waals surface area contributed by atoms with Crippen molar-refractivity contribution in [2.75, 3.05) is 26.2 Å². The molecule has 0 aromatic carbocycles. The summed E-state index contributed by atoms with van der Waals surface area (Å²) in [5.41, 5.74) is 0. The van der Waals surface area contributed by atoms with Crippen LogP contribution in [0.5, 0.6) is 0 Å². The number of unbranched alkanes of at least 4 members (excludes halogenated alkanes) is 2. The van der Waals surface area contributed by atoms with Crippen LogP contribution in [0.1, 0.15) is 46.0 Å². The molecule has 0 saturated carbocycles. The summed E-state index contributed by atoms with van der Waals surface area (Å²) in [4.78, 5) is 16.7. The quantitative estimate of drug-likeness (QED) is 0.134. The van der Waals surface area contributed by atoms with Crippen molar-refractivity contribution >= 4 is 11.9 Å². The van der Waals surface area contributed by atoms with Crippen molar-refractivity contribution in [3.63, 3.8) is 0 Å². The fourth-order valence-corrected chi connectivity index (χ4v) is 2.02. The van der Waals surface area contributed by atoms with Crippen LogP contribution in [-0.4, -0.2) is 59.3 Å². The topological polar surface area (TPSA) is 96.2 Å². The third-order valence-corrected chi connectivity index (χ3v) is 3.43. The van der Waals surface area contributed by atoms with Crippen LogP contribution in [0.15, 0.2) is 17.1 Å². The van der Waals surface area contributed by atoms with Crippen LogP contribution >= 0.6 is 0 Å². The largest absolute Gasteiger partial charge is 1.00 e. The summed E-state index contributed by atoms with van der Waals surface area (Å²) in [7, 11) is 0. The van der Waals surface area contributed by atoms with Crippen molar-refractivity contribution < 1.29 is 49.7 Å². The van der Waals surface area contributed by atoms with Gasteiger partial charge in [-0.25, -0.2) is 0 Å². The Balaban J connectivity index is 0. The predicted octanol–water partition coefficient (Wildman–Crippen LogP) is -1.96. The first-order chi connectivity index (χ1) is 10.5. The maximum absolute atomic E-state index is 11.6. The normalized spacial score (nSPS) is 13.3. The summed E-state index contributed by atoms with van der Waals surface area (Å²) < 4.78 is 0. The number of hydrogen-bond donors (Lipinski definition) is 2. The van der Waals surface area contributed by atoms with Gasteiger partial charge in [0.05, 0.1) is 6.54 Å². The SMILES string of the molecule is C/C=C/CCCCC([O-])=NCCN(CCCO)C(C)C(=O)O.[Na+]. The Morgan fingerprint density at radius 3 is 2.57 bits per heavy atom. The van der Waals surface area contributed by atoms with Gasteiger partial charge in [-0.05, 0) is 51.8 Å². The van der Waals surface area contributed by atoms with Crippen molar-refractivity contribution in [3.8, 4) is 0 Å². The fourth-order valence-electron chi connectivity index (χ4n) is 2.02. The van der Waals surface area contributed by atoms with Crippen LogP contribution in [0.3, 0.4) is 0 Å². The third-order valence-electron chi connectivity index (χ3n) is 3.43. The van der Waals surface area contributed by atoms with E-state index in [0.29, 0.717) is 32.5 Å². The van der Waals surface area contributed by atoms with Gasteiger partial charge in [0.15, 0.2) is 0 Å². The minimum Gasteiger partial charge on any atom is -0.862 e. The molecule has 0 aliphatic rings. The summed E-state index contributed by atoms with van der Waals surface area (Å²) in [6.07, 6.45) is 7.81. The van der Waals surface area contributed by atoms with E-state index in [1.54, 1.807) is 11.8 Å². The Bertz CT molecular complexity index is 362. The van der Waals surface area contributed by atoms with E-state index in [4.69, 9.17) is 10.2 Å². The Morgan fingerprint density at radius 2 is 2.00 bits per heavy atom. The summed E-state index contributed by atoms with van der Waals surface area (Å²) in [6.45, 7) is 4.79. The van der Waals surface area contributed by atoms with Gasteiger partial charge in [0.2, 0.25) is 0 Å². The smallest absolute Gasteiger partial charge is 0.862 e. The van der Waals surface area contributed by atoms with Crippen molar-refractivity contribution in [1.82, 2.24) is 4.90 Å². The molecule has 128 valence electrons. The van der Waals surface area contributed by atoms with Gasteiger partial charge in [0.1, 0.15) is 6.04 Å². The zero-order chi connectivity index (χ0) is 16.8. The summed E-state index contributed by atoms with van der Waals surface area (Å²) >= 11 is 0. The van der Waals surface area contributed by atoms with E-state index < -0.39 is 12.0 Å². The molecule has 0 radical (unpaired) electrons. The van der Waals surface area contributed by atoms with Crippen molar-refractivity contribution in [2.24, 2.45) is 4.99 Å². The van der Waals surface area contributed by atoms with E-state index in [1.807, 2.05) is 13.0 Å². The number of nitrogens with zero attached hydrogens (tertiary/aromatic N) is 2. The molecule has 0 amide bonds. The summed E-state index contributed by atoms with van der Waals surface area (Å²) in [6, 6.07) is -0.641. The number of allylic oxidation sites excluding steroid dienone is 2. The van der Waals surface area contributed by atoms with E-state index in [0.717, 1.165) is 19.3 Å². The molecule has 0 aliphatic heterocycles. The Kier molecular flexibility index (Phi) is 17.8. The maximum Gasteiger partial charge on any atom is 1.00 e. The van der Waals surface area contributed by atoms with E-state index >= 15 is 0 Å².